The Bertz CT molecular complexity index is 1000. The minimum atomic E-state index is -0.0171. The molecule has 0 atom stereocenters. The summed E-state index contributed by atoms with van der Waals surface area (Å²) in [5, 5.41) is 8.09. The molecule has 0 spiro atoms. The Morgan fingerprint density at radius 2 is 2.00 bits per heavy atom. The lowest BCUT2D eigenvalue weighted by atomic mass is 9.96. The maximum absolute atomic E-state index is 12.5. The van der Waals surface area contributed by atoms with Crippen molar-refractivity contribution in [1.82, 2.24) is 20.0 Å². The summed E-state index contributed by atoms with van der Waals surface area (Å²) in [6.45, 7) is 2.51. The summed E-state index contributed by atoms with van der Waals surface area (Å²) in [6.07, 6.45) is 3.79. The molecule has 0 unspecified atom stereocenters. The molecule has 30 heavy (non-hydrogen) atoms. The van der Waals surface area contributed by atoms with Crippen molar-refractivity contribution in [2.75, 3.05) is 25.0 Å². The number of halogens is 2. The molecule has 2 aromatic heterocycles. The number of hydrogen-bond donors (Lipinski definition) is 1. The molecule has 0 aliphatic carbocycles. The number of carbonyl (C=O) groups excluding carboxylic acids is 1. The van der Waals surface area contributed by atoms with E-state index >= 15 is 0 Å². The average molecular weight is 446 g/mol. The number of amides is 1. The highest BCUT2D eigenvalue weighted by molar-refractivity contribution is 6.31. The van der Waals surface area contributed by atoms with Gasteiger partial charge in [0.1, 0.15) is 5.82 Å². The highest BCUT2D eigenvalue weighted by Gasteiger charge is 2.25. The van der Waals surface area contributed by atoms with E-state index in [2.05, 4.69) is 25.3 Å². The SMILES string of the molecule is O=C(Nc1ccc(Cl)cn1)C1CCN(CCc2nc(-c3cccc(Cl)c3)no2)CC1. The molecule has 156 valence electrons. The number of piperidine rings is 1. The second-order valence-corrected chi connectivity index (χ2v) is 8.11. The zero-order valence-electron chi connectivity index (χ0n) is 16.2. The van der Waals surface area contributed by atoms with Crippen molar-refractivity contribution in [2.45, 2.75) is 19.3 Å². The van der Waals surface area contributed by atoms with E-state index in [4.69, 9.17) is 27.7 Å². The first-order chi connectivity index (χ1) is 14.6. The smallest absolute Gasteiger partial charge is 0.228 e. The topological polar surface area (TPSA) is 84.2 Å². The van der Waals surface area contributed by atoms with E-state index in [0.717, 1.165) is 38.0 Å². The van der Waals surface area contributed by atoms with Gasteiger partial charge in [-0.05, 0) is 50.2 Å². The second-order valence-electron chi connectivity index (χ2n) is 7.24. The molecule has 0 radical (unpaired) electrons. The standard InChI is InChI=1S/C21H21Cl2N5O2/c22-16-3-1-2-15(12-16)20-26-19(30-27-20)8-11-28-9-6-14(7-10-28)21(29)25-18-5-4-17(23)13-24-18/h1-5,12-14H,6-11H2,(H,24,25,29). The first-order valence-corrected chi connectivity index (χ1v) is 10.6. The number of nitrogens with zero attached hydrogens (tertiary/aromatic N) is 4. The Morgan fingerprint density at radius 1 is 1.17 bits per heavy atom. The van der Waals surface area contributed by atoms with Crippen LogP contribution >= 0.6 is 23.2 Å². The number of hydrogen-bond acceptors (Lipinski definition) is 6. The third-order valence-electron chi connectivity index (χ3n) is 5.13. The third-order valence-corrected chi connectivity index (χ3v) is 5.59. The lowest BCUT2D eigenvalue weighted by Gasteiger charge is -2.30. The molecule has 7 nitrogen and oxygen atoms in total. The van der Waals surface area contributed by atoms with Gasteiger partial charge in [-0.15, -0.1) is 0 Å². The molecular formula is C21H21Cl2N5O2. The Labute approximate surface area is 184 Å². The molecule has 1 aromatic carbocycles. The van der Waals surface area contributed by atoms with Crippen LogP contribution in [0.15, 0.2) is 47.1 Å². The van der Waals surface area contributed by atoms with Gasteiger partial charge < -0.3 is 14.7 Å². The van der Waals surface area contributed by atoms with Crippen LogP contribution in [0.1, 0.15) is 18.7 Å². The van der Waals surface area contributed by atoms with Crippen LogP contribution in [0.3, 0.4) is 0 Å². The number of pyridine rings is 1. The van der Waals surface area contributed by atoms with Crippen molar-refractivity contribution in [3.63, 3.8) is 0 Å². The lowest BCUT2D eigenvalue weighted by Crippen LogP contribution is -2.39. The summed E-state index contributed by atoms with van der Waals surface area (Å²) in [5.41, 5.74) is 0.833. The maximum Gasteiger partial charge on any atom is 0.228 e. The minimum absolute atomic E-state index is 0.00698. The molecular weight excluding hydrogens is 425 g/mol. The van der Waals surface area contributed by atoms with Crippen molar-refractivity contribution in [3.05, 3.63) is 58.5 Å². The van der Waals surface area contributed by atoms with Crippen LogP contribution in [-0.4, -0.2) is 45.6 Å². The van der Waals surface area contributed by atoms with Crippen molar-refractivity contribution in [3.8, 4) is 11.4 Å². The number of aromatic nitrogens is 3. The maximum atomic E-state index is 12.5. The van der Waals surface area contributed by atoms with E-state index in [1.807, 2.05) is 24.3 Å². The van der Waals surface area contributed by atoms with Gasteiger partial charge in [0.15, 0.2) is 0 Å². The van der Waals surface area contributed by atoms with Gasteiger partial charge in [-0.3, -0.25) is 4.79 Å². The summed E-state index contributed by atoms with van der Waals surface area (Å²) in [7, 11) is 0. The Hall–Kier alpha value is -2.48. The molecule has 1 fully saturated rings. The largest absolute Gasteiger partial charge is 0.339 e. The summed E-state index contributed by atoms with van der Waals surface area (Å²) < 4.78 is 5.37. The van der Waals surface area contributed by atoms with E-state index in [9.17, 15) is 4.79 Å². The predicted molar refractivity (Wildman–Crippen MR) is 115 cm³/mol. The van der Waals surface area contributed by atoms with E-state index in [-0.39, 0.29) is 11.8 Å². The van der Waals surface area contributed by atoms with E-state index in [1.54, 1.807) is 12.1 Å². The van der Waals surface area contributed by atoms with Crippen LogP contribution in [0.4, 0.5) is 5.82 Å². The van der Waals surface area contributed by atoms with Crippen LogP contribution < -0.4 is 5.32 Å². The zero-order chi connectivity index (χ0) is 20.9. The summed E-state index contributed by atoms with van der Waals surface area (Å²) in [4.78, 5) is 23.3. The molecule has 3 aromatic rings. The quantitative estimate of drug-likeness (QED) is 0.607. The zero-order valence-corrected chi connectivity index (χ0v) is 17.7. The molecule has 1 aliphatic rings. The fourth-order valence-corrected chi connectivity index (χ4v) is 3.75. The fraction of sp³-hybridized carbons (Fsp3) is 0.333. The highest BCUT2D eigenvalue weighted by Crippen LogP contribution is 2.22. The Balaban J connectivity index is 1.23. The van der Waals surface area contributed by atoms with Gasteiger partial charge in [-0.2, -0.15) is 4.98 Å². The highest BCUT2D eigenvalue weighted by atomic mass is 35.5. The molecule has 0 bridgehead atoms. The first-order valence-electron chi connectivity index (χ1n) is 9.80. The van der Waals surface area contributed by atoms with Crippen LogP contribution in [0, 0.1) is 5.92 Å². The Morgan fingerprint density at radius 3 is 2.73 bits per heavy atom. The molecule has 0 saturated carbocycles. The lowest BCUT2D eigenvalue weighted by molar-refractivity contribution is -0.121. The number of anilines is 1. The third kappa shape index (κ3) is 5.36. The van der Waals surface area contributed by atoms with Crippen LogP contribution in [-0.2, 0) is 11.2 Å². The first kappa shape index (κ1) is 20.8. The van der Waals surface area contributed by atoms with Crippen LogP contribution in [0.2, 0.25) is 10.0 Å². The van der Waals surface area contributed by atoms with Crippen LogP contribution in [0.25, 0.3) is 11.4 Å². The van der Waals surface area contributed by atoms with Crippen molar-refractivity contribution in [2.24, 2.45) is 5.92 Å². The molecule has 4 rings (SSSR count). The summed E-state index contributed by atoms with van der Waals surface area (Å²) in [5.74, 6) is 1.65. The van der Waals surface area contributed by atoms with Gasteiger partial charge in [0.25, 0.3) is 0 Å². The molecule has 1 amide bonds. The average Bonchev–Trinajstić information content (AvgIpc) is 3.23. The molecule has 9 heteroatoms. The summed E-state index contributed by atoms with van der Waals surface area (Å²) in [6, 6.07) is 10.8. The van der Waals surface area contributed by atoms with Crippen molar-refractivity contribution < 1.29 is 9.32 Å². The second kappa shape index (κ2) is 9.55. The van der Waals surface area contributed by atoms with E-state index in [0.29, 0.717) is 34.0 Å². The number of nitrogens with one attached hydrogen (secondary N) is 1. The Kier molecular flexibility index (Phi) is 6.62. The van der Waals surface area contributed by atoms with Crippen molar-refractivity contribution in [1.29, 1.82) is 0 Å². The normalized spacial score (nSPS) is 15.3. The fourth-order valence-electron chi connectivity index (χ4n) is 3.45. The predicted octanol–water partition coefficient (Wildman–Crippen LogP) is 4.33. The minimum Gasteiger partial charge on any atom is -0.339 e. The molecule has 3 heterocycles. The van der Waals surface area contributed by atoms with Gasteiger partial charge in [0.2, 0.25) is 17.6 Å². The van der Waals surface area contributed by atoms with Crippen LogP contribution in [0.5, 0.6) is 0 Å². The van der Waals surface area contributed by atoms with Gasteiger partial charge >= 0.3 is 0 Å². The monoisotopic (exact) mass is 445 g/mol. The van der Waals surface area contributed by atoms with Gasteiger partial charge in [-0.1, -0.05) is 40.5 Å². The van der Waals surface area contributed by atoms with Gasteiger partial charge in [0, 0.05) is 35.7 Å². The number of rotatable bonds is 6. The molecule has 1 N–H and O–H groups in total. The van der Waals surface area contributed by atoms with Gasteiger partial charge in [-0.25, -0.2) is 4.98 Å². The summed E-state index contributed by atoms with van der Waals surface area (Å²) >= 11 is 11.8. The number of carbonyl (C=O) groups is 1. The molecule has 1 saturated heterocycles. The van der Waals surface area contributed by atoms with Crippen molar-refractivity contribution >= 4 is 34.9 Å². The van der Waals surface area contributed by atoms with E-state index in [1.165, 1.54) is 6.20 Å². The number of likely N-dealkylation sites (tertiary alicyclic amines) is 1. The van der Waals surface area contributed by atoms with Gasteiger partial charge in [0.05, 0.1) is 5.02 Å². The number of benzene rings is 1. The molecule has 1 aliphatic heterocycles. The van der Waals surface area contributed by atoms with E-state index < -0.39 is 0 Å².